The lowest BCUT2D eigenvalue weighted by Gasteiger charge is -2.14. The molecule has 0 rings (SSSR count). The number of hydrogen-bond acceptors (Lipinski definition) is 3. The van der Waals surface area contributed by atoms with Crippen molar-refractivity contribution >= 4 is 16.7 Å². The van der Waals surface area contributed by atoms with Crippen molar-refractivity contribution in [3.05, 3.63) is 0 Å². The lowest BCUT2D eigenvalue weighted by molar-refractivity contribution is -0.126. The number of nitrogens with one attached hydrogen (secondary N) is 1. The van der Waals surface area contributed by atoms with Crippen molar-refractivity contribution < 1.29 is 9.00 Å². The van der Waals surface area contributed by atoms with Gasteiger partial charge in [0.25, 0.3) is 0 Å². The third kappa shape index (κ3) is 4.97. The minimum Gasteiger partial charge on any atom is -0.355 e. The molecule has 0 saturated carbocycles. The largest absolute Gasteiger partial charge is 0.355 e. The van der Waals surface area contributed by atoms with Crippen molar-refractivity contribution in [2.75, 3.05) is 18.6 Å². The van der Waals surface area contributed by atoms with Gasteiger partial charge in [0.1, 0.15) is 5.41 Å². The van der Waals surface area contributed by atoms with Gasteiger partial charge >= 0.3 is 0 Å². The van der Waals surface area contributed by atoms with E-state index in [9.17, 15) is 9.00 Å². The first-order valence-electron chi connectivity index (χ1n) is 4.39. The first kappa shape index (κ1) is 13.1. The molecule has 14 heavy (non-hydrogen) atoms. The number of carbonyl (C=O) groups is 1. The molecule has 80 valence electrons. The first-order chi connectivity index (χ1) is 6.40. The molecule has 4 nitrogen and oxygen atoms in total. The maximum atomic E-state index is 11.3. The fourth-order valence-electron chi connectivity index (χ4n) is 0.749. The van der Waals surface area contributed by atoms with Crippen molar-refractivity contribution in [2.24, 2.45) is 5.41 Å². The number of rotatable bonds is 5. The average Bonchev–Trinajstić information content (AvgIpc) is 2.11. The van der Waals surface area contributed by atoms with Gasteiger partial charge in [0.2, 0.25) is 5.91 Å². The third-order valence-corrected chi connectivity index (χ3v) is 2.60. The number of carbonyl (C=O) groups excluding carboxylic acids is 1. The van der Waals surface area contributed by atoms with Gasteiger partial charge in [-0.3, -0.25) is 9.00 Å². The van der Waals surface area contributed by atoms with Crippen LogP contribution in [0.15, 0.2) is 0 Å². The number of hydrogen-bond donors (Lipinski definition) is 1. The van der Waals surface area contributed by atoms with Gasteiger partial charge in [-0.25, -0.2) is 0 Å². The smallest absolute Gasteiger partial charge is 0.239 e. The van der Waals surface area contributed by atoms with Gasteiger partial charge < -0.3 is 5.32 Å². The SMILES string of the molecule is CS(=O)CCCNC(=O)C(C)(C)C#N. The van der Waals surface area contributed by atoms with E-state index in [1.54, 1.807) is 20.1 Å². The molecule has 0 radical (unpaired) electrons. The Bertz CT molecular complexity index is 268. The summed E-state index contributed by atoms with van der Waals surface area (Å²) < 4.78 is 10.7. The van der Waals surface area contributed by atoms with Gasteiger partial charge in [-0.05, 0) is 20.3 Å². The molecule has 1 atom stereocenters. The lowest BCUT2D eigenvalue weighted by atomic mass is 9.95. The normalized spacial score (nSPS) is 13.0. The van der Waals surface area contributed by atoms with E-state index in [1.165, 1.54) is 0 Å². The summed E-state index contributed by atoms with van der Waals surface area (Å²) in [6.45, 7) is 3.62. The van der Waals surface area contributed by atoms with E-state index in [0.717, 1.165) is 0 Å². The zero-order valence-corrected chi connectivity index (χ0v) is 9.61. The molecule has 1 amide bonds. The van der Waals surface area contributed by atoms with Crippen LogP contribution in [0, 0.1) is 16.7 Å². The van der Waals surface area contributed by atoms with Crippen molar-refractivity contribution in [1.29, 1.82) is 5.26 Å². The quantitative estimate of drug-likeness (QED) is 0.677. The van der Waals surface area contributed by atoms with Crippen LogP contribution >= 0.6 is 0 Å². The van der Waals surface area contributed by atoms with Gasteiger partial charge in [-0.15, -0.1) is 0 Å². The van der Waals surface area contributed by atoms with Crippen molar-refractivity contribution in [3.8, 4) is 6.07 Å². The molecule has 0 aromatic carbocycles. The van der Waals surface area contributed by atoms with E-state index in [4.69, 9.17) is 5.26 Å². The lowest BCUT2D eigenvalue weighted by Crippen LogP contribution is -2.36. The molecule has 0 aliphatic heterocycles. The second kappa shape index (κ2) is 5.76. The minimum absolute atomic E-state index is 0.276. The maximum absolute atomic E-state index is 11.3. The van der Waals surface area contributed by atoms with Crippen LogP contribution in [0.5, 0.6) is 0 Å². The third-order valence-electron chi connectivity index (χ3n) is 1.74. The molecule has 0 fully saturated rings. The van der Waals surface area contributed by atoms with Gasteiger partial charge in [-0.2, -0.15) is 5.26 Å². The Morgan fingerprint density at radius 1 is 1.57 bits per heavy atom. The minimum atomic E-state index is -0.981. The molecule has 0 aliphatic carbocycles. The summed E-state index contributed by atoms with van der Waals surface area (Å²) in [6.07, 6.45) is 2.30. The Kier molecular flexibility index (Phi) is 5.39. The van der Waals surface area contributed by atoms with Gasteiger partial charge in [0.15, 0.2) is 0 Å². The standard InChI is InChI=1S/C9H16N2O2S/c1-9(2,7-10)8(12)11-5-4-6-14(3)13/h4-6H2,1-3H3,(H,11,12). The topological polar surface area (TPSA) is 70.0 Å². The van der Waals surface area contributed by atoms with Crippen molar-refractivity contribution in [3.63, 3.8) is 0 Å². The van der Waals surface area contributed by atoms with E-state index in [0.29, 0.717) is 18.7 Å². The average molecular weight is 216 g/mol. The second-order valence-electron chi connectivity index (χ2n) is 3.62. The van der Waals surface area contributed by atoms with Crippen LogP contribution in [-0.4, -0.2) is 28.7 Å². The highest BCUT2D eigenvalue weighted by molar-refractivity contribution is 7.84. The van der Waals surface area contributed by atoms with Crippen LogP contribution < -0.4 is 5.32 Å². The second-order valence-corrected chi connectivity index (χ2v) is 5.18. The van der Waals surface area contributed by atoms with Crippen LogP contribution in [0.25, 0.3) is 0 Å². The highest BCUT2D eigenvalue weighted by atomic mass is 32.2. The maximum Gasteiger partial charge on any atom is 0.239 e. The van der Waals surface area contributed by atoms with E-state index >= 15 is 0 Å². The number of nitriles is 1. The van der Waals surface area contributed by atoms with Crippen LogP contribution in [0.3, 0.4) is 0 Å². The Morgan fingerprint density at radius 3 is 2.57 bits per heavy atom. The predicted octanol–water partition coefficient (Wildman–Crippen LogP) is 0.421. The van der Waals surface area contributed by atoms with E-state index in [2.05, 4.69) is 5.32 Å². The van der Waals surface area contributed by atoms with Gasteiger partial charge in [-0.1, -0.05) is 0 Å². The molecule has 1 N–H and O–H groups in total. The van der Waals surface area contributed by atoms with Crippen molar-refractivity contribution in [2.45, 2.75) is 20.3 Å². The zero-order chi connectivity index (χ0) is 11.2. The van der Waals surface area contributed by atoms with E-state index in [1.807, 2.05) is 6.07 Å². The summed E-state index contributed by atoms with van der Waals surface area (Å²) in [5.41, 5.74) is -0.981. The zero-order valence-electron chi connectivity index (χ0n) is 8.79. The highest BCUT2D eigenvalue weighted by Crippen LogP contribution is 2.12. The molecule has 0 heterocycles. The molecule has 0 aliphatic rings. The van der Waals surface area contributed by atoms with E-state index in [-0.39, 0.29) is 5.91 Å². The number of nitrogens with zero attached hydrogens (tertiary/aromatic N) is 1. The molecule has 0 saturated heterocycles. The molecular formula is C9H16N2O2S. The molecule has 0 aromatic rings. The summed E-state index contributed by atoms with van der Waals surface area (Å²) in [4.78, 5) is 11.3. The van der Waals surface area contributed by atoms with Crippen LogP contribution in [0.4, 0.5) is 0 Å². The Hall–Kier alpha value is -0.890. The molecule has 0 spiro atoms. The Balaban J connectivity index is 3.77. The molecule has 1 unspecified atom stereocenters. The van der Waals surface area contributed by atoms with Crippen molar-refractivity contribution in [1.82, 2.24) is 5.32 Å². The summed E-state index contributed by atoms with van der Waals surface area (Å²) in [5, 5.41) is 11.3. The van der Waals surface area contributed by atoms with Gasteiger partial charge in [0.05, 0.1) is 6.07 Å². The molecule has 5 heteroatoms. The number of amides is 1. The monoisotopic (exact) mass is 216 g/mol. The van der Waals surface area contributed by atoms with Crippen LogP contribution in [-0.2, 0) is 15.6 Å². The van der Waals surface area contributed by atoms with Crippen LogP contribution in [0.1, 0.15) is 20.3 Å². The molecule has 0 aromatic heterocycles. The Morgan fingerprint density at radius 2 is 2.14 bits per heavy atom. The molecule has 0 bridgehead atoms. The first-order valence-corrected chi connectivity index (χ1v) is 6.12. The van der Waals surface area contributed by atoms with Crippen LogP contribution in [0.2, 0.25) is 0 Å². The fraction of sp³-hybridized carbons (Fsp3) is 0.778. The fourth-order valence-corrected chi connectivity index (χ4v) is 1.30. The Labute approximate surface area is 87.1 Å². The summed E-state index contributed by atoms with van der Waals surface area (Å²) in [6, 6.07) is 1.92. The predicted molar refractivity (Wildman–Crippen MR) is 56.0 cm³/mol. The molecular weight excluding hydrogens is 200 g/mol. The highest BCUT2D eigenvalue weighted by Gasteiger charge is 2.26. The summed E-state index contributed by atoms with van der Waals surface area (Å²) in [7, 11) is -0.820. The summed E-state index contributed by atoms with van der Waals surface area (Å²) in [5.74, 6) is 0.301. The van der Waals surface area contributed by atoms with E-state index < -0.39 is 16.2 Å². The van der Waals surface area contributed by atoms with Gasteiger partial charge in [0, 0.05) is 29.4 Å². The summed E-state index contributed by atoms with van der Waals surface area (Å²) >= 11 is 0.